The largest absolute Gasteiger partial charge is 0.372 e. The van der Waals surface area contributed by atoms with Gasteiger partial charge in [0.1, 0.15) is 0 Å². The minimum atomic E-state index is 0. The van der Waals surface area contributed by atoms with E-state index in [1.54, 1.807) is 0 Å². The van der Waals surface area contributed by atoms with Gasteiger partial charge in [-0.2, -0.15) is 0 Å². The Labute approximate surface area is 89.5 Å². The molecule has 82 valence electrons. The van der Waals surface area contributed by atoms with E-state index in [-0.39, 0.29) is 7.43 Å². The van der Waals surface area contributed by atoms with Crippen LogP contribution >= 0.6 is 0 Å². The smallest absolute Gasteiger partial charge is 0.0352 e. The molecule has 0 aromatic heterocycles. The maximum atomic E-state index is 4.09. The van der Waals surface area contributed by atoms with Crippen molar-refractivity contribution >= 4 is 0 Å². The molecule has 2 rings (SSSR count). The first-order chi connectivity index (χ1) is 6.38. The number of hydrogen-bond acceptors (Lipinski definition) is 1. The average molecular weight is 195 g/mol. The predicted octanol–water partition coefficient (Wildman–Crippen LogP) is 3.98. The Morgan fingerprint density at radius 3 is 2.50 bits per heavy atom. The molecule has 0 saturated carbocycles. The van der Waals surface area contributed by atoms with Crippen molar-refractivity contribution in [3.8, 4) is 0 Å². The Balaban J connectivity index is 0.000000531. The van der Waals surface area contributed by atoms with Gasteiger partial charge >= 0.3 is 0 Å². The van der Waals surface area contributed by atoms with Crippen LogP contribution in [0.4, 0.5) is 0 Å². The van der Waals surface area contributed by atoms with E-state index in [1.807, 2.05) is 13.8 Å². The van der Waals surface area contributed by atoms with Crippen molar-refractivity contribution in [2.75, 3.05) is 13.1 Å². The van der Waals surface area contributed by atoms with Crippen LogP contribution in [0.5, 0.6) is 0 Å². The Kier molecular flexibility index (Phi) is 6.35. The van der Waals surface area contributed by atoms with Crippen LogP contribution in [0.25, 0.3) is 0 Å². The number of piperidine rings is 1. The van der Waals surface area contributed by atoms with Crippen molar-refractivity contribution in [2.24, 2.45) is 0 Å². The molecule has 1 saturated heterocycles. The van der Waals surface area contributed by atoms with Crippen LogP contribution in [0.15, 0.2) is 23.9 Å². The third kappa shape index (κ3) is 2.90. The lowest BCUT2D eigenvalue weighted by atomic mass is 9.98. The molecule has 0 radical (unpaired) electrons. The van der Waals surface area contributed by atoms with Gasteiger partial charge in [-0.25, -0.2) is 0 Å². The summed E-state index contributed by atoms with van der Waals surface area (Å²) in [5.74, 6) is 0. The predicted molar refractivity (Wildman–Crippen MR) is 65.3 cm³/mol. The van der Waals surface area contributed by atoms with Gasteiger partial charge in [-0.1, -0.05) is 33.9 Å². The molecule has 1 heteroatoms. The molecule has 2 heterocycles. The lowest BCUT2D eigenvalue weighted by Gasteiger charge is -2.35. The fourth-order valence-corrected chi connectivity index (χ4v) is 1.98. The van der Waals surface area contributed by atoms with E-state index >= 15 is 0 Å². The highest BCUT2D eigenvalue weighted by Crippen LogP contribution is 2.28. The summed E-state index contributed by atoms with van der Waals surface area (Å²) in [6.45, 7) is 10.6. The number of nitrogens with zero attached hydrogens (tertiary/aromatic N) is 1. The molecule has 0 aromatic carbocycles. The lowest BCUT2D eigenvalue weighted by Crippen LogP contribution is -2.32. The third-order valence-corrected chi connectivity index (χ3v) is 2.58. The summed E-state index contributed by atoms with van der Waals surface area (Å²) >= 11 is 0. The molecular weight excluding hydrogens is 170 g/mol. The van der Waals surface area contributed by atoms with E-state index in [0.717, 1.165) is 0 Å². The summed E-state index contributed by atoms with van der Waals surface area (Å²) in [5, 5.41) is 0. The van der Waals surface area contributed by atoms with E-state index in [4.69, 9.17) is 0 Å². The van der Waals surface area contributed by atoms with E-state index in [9.17, 15) is 0 Å². The summed E-state index contributed by atoms with van der Waals surface area (Å²) in [6, 6.07) is 0. The molecule has 0 N–H and O–H groups in total. The van der Waals surface area contributed by atoms with Crippen LogP contribution in [0.1, 0.15) is 47.0 Å². The van der Waals surface area contributed by atoms with Gasteiger partial charge in [0.15, 0.2) is 0 Å². The van der Waals surface area contributed by atoms with Crippen LogP contribution in [-0.4, -0.2) is 18.0 Å². The van der Waals surface area contributed by atoms with E-state index in [1.165, 1.54) is 50.0 Å². The van der Waals surface area contributed by atoms with Crippen LogP contribution in [0.3, 0.4) is 0 Å². The Hall–Kier alpha value is -0.720. The van der Waals surface area contributed by atoms with Gasteiger partial charge < -0.3 is 4.90 Å². The van der Waals surface area contributed by atoms with Crippen molar-refractivity contribution in [3.63, 3.8) is 0 Å². The highest BCUT2D eigenvalue weighted by atomic mass is 15.1. The van der Waals surface area contributed by atoms with E-state index in [2.05, 4.69) is 17.6 Å². The zero-order valence-electron chi connectivity index (χ0n) is 8.97. The highest BCUT2D eigenvalue weighted by molar-refractivity contribution is 5.30. The highest BCUT2D eigenvalue weighted by Gasteiger charge is 2.19. The molecule has 0 aromatic rings. The molecule has 0 amide bonds. The number of hydrogen-bond donors (Lipinski definition) is 0. The van der Waals surface area contributed by atoms with E-state index in [0.29, 0.717) is 0 Å². The first-order valence-corrected chi connectivity index (χ1v) is 5.51. The first kappa shape index (κ1) is 13.3. The average Bonchev–Trinajstić information content (AvgIpc) is 2.22. The minimum absolute atomic E-state index is 0. The molecule has 0 spiro atoms. The van der Waals surface area contributed by atoms with Crippen LogP contribution < -0.4 is 0 Å². The fourth-order valence-electron chi connectivity index (χ4n) is 1.98. The number of rotatable bonds is 0. The van der Waals surface area contributed by atoms with Crippen molar-refractivity contribution in [1.29, 1.82) is 0 Å². The second-order valence-corrected chi connectivity index (χ2v) is 3.43. The zero-order valence-corrected chi connectivity index (χ0v) is 8.97. The second-order valence-electron chi connectivity index (χ2n) is 3.43. The molecular formula is C13H25N. The topological polar surface area (TPSA) is 3.24 Å². The van der Waals surface area contributed by atoms with Crippen LogP contribution in [0, 0.1) is 0 Å². The normalized spacial score (nSPS) is 19.7. The van der Waals surface area contributed by atoms with Gasteiger partial charge in [0.05, 0.1) is 0 Å². The standard InChI is InChI=1S/C10H15N.C2H6.CH4/c1-9-5-4-8-11-7-3-2-6-10(9)11;1-2;/h6H,1-5,7-8H2;1-2H3;1H4. The van der Waals surface area contributed by atoms with Crippen molar-refractivity contribution in [3.05, 3.63) is 23.9 Å². The van der Waals surface area contributed by atoms with Gasteiger partial charge in [-0.15, -0.1) is 0 Å². The van der Waals surface area contributed by atoms with Crippen LogP contribution in [-0.2, 0) is 0 Å². The molecule has 0 aliphatic carbocycles. The molecule has 0 bridgehead atoms. The molecule has 0 unspecified atom stereocenters. The number of fused-ring (bicyclic) bond motifs is 1. The van der Waals surface area contributed by atoms with Gasteiger partial charge in [0, 0.05) is 18.8 Å². The molecule has 2 aliphatic heterocycles. The van der Waals surface area contributed by atoms with Gasteiger partial charge in [0.2, 0.25) is 0 Å². The van der Waals surface area contributed by atoms with Crippen molar-refractivity contribution < 1.29 is 0 Å². The summed E-state index contributed by atoms with van der Waals surface area (Å²) < 4.78 is 0. The maximum absolute atomic E-state index is 4.09. The van der Waals surface area contributed by atoms with Gasteiger partial charge in [-0.05, 0) is 31.3 Å². The van der Waals surface area contributed by atoms with Crippen molar-refractivity contribution in [1.82, 2.24) is 4.90 Å². The monoisotopic (exact) mass is 195 g/mol. The maximum Gasteiger partial charge on any atom is 0.0352 e. The van der Waals surface area contributed by atoms with E-state index < -0.39 is 0 Å². The van der Waals surface area contributed by atoms with Crippen LogP contribution in [0.2, 0.25) is 0 Å². The first-order valence-electron chi connectivity index (χ1n) is 5.51. The molecule has 1 nitrogen and oxygen atoms in total. The zero-order chi connectivity index (χ0) is 9.68. The molecule has 0 atom stereocenters. The summed E-state index contributed by atoms with van der Waals surface area (Å²) in [5.41, 5.74) is 2.80. The minimum Gasteiger partial charge on any atom is -0.372 e. The third-order valence-electron chi connectivity index (χ3n) is 2.58. The summed E-state index contributed by atoms with van der Waals surface area (Å²) in [6.07, 6.45) is 7.45. The van der Waals surface area contributed by atoms with Gasteiger partial charge in [-0.3, -0.25) is 0 Å². The quantitative estimate of drug-likeness (QED) is 0.565. The summed E-state index contributed by atoms with van der Waals surface area (Å²) in [7, 11) is 0. The second kappa shape index (κ2) is 6.69. The Bertz CT molecular complexity index is 203. The summed E-state index contributed by atoms with van der Waals surface area (Å²) in [4.78, 5) is 2.48. The van der Waals surface area contributed by atoms with Crippen molar-refractivity contribution in [2.45, 2.75) is 47.0 Å². The molecule has 14 heavy (non-hydrogen) atoms. The number of allylic oxidation sites excluding steroid dienone is 2. The SMILES string of the molecule is C.C=C1CCCN2CCCC=C12.CC. The molecule has 1 fully saturated rings. The fraction of sp³-hybridized carbons (Fsp3) is 0.692. The Morgan fingerprint density at radius 1 is 1.21 bits per heavy atom. The molecule has 2 aliphatic rings. The van der Waals surface area contributed by atoms with Gasteiger partial charge in [0.25, 0.3) is 0 Å². The lowest BCUT2D eigenvalue weighted by molar-refractivity contribution is 0.302. The Morgan fingerprint density at radius 2 is 1.86 bits per heavy atom.